The quantitative estimate of drug-likeness (QED) is 0.192. The van der Waals surface area contributed by atoms with Crippen LogP contribution in [0.1, 0.15) is 0 Å². The topological polar surface area (TPSA) is 139 Å². The summed E-state index contributed by atoms with van der Waals surface area (Å²) in [5.41, 5.74) is 1.87. The summed E-state index contributed by atoms with van der Waals surface area (Å²) in [5.74, 6) is 1.49. The maximum absolute atomic E-state index is 11.5. The highest BCUT2D eigenvalue weighted by Crippen LogP contribution is 2.34. The molecule has 0 aliphatic heterocycles. The molecule has 0 saturated carbocycles. The highest BCUT2D eigenvalue weighted by Gasteiger charge is 2.23. The molecule has 0 atom stereocenters. The van der Waals surface area contributed by atoms with Crippen LogP contribution in [0.2, 0.25) is 0 Å². The Hall–Kier alpha value is -5.71. The third kappa shape index (κ3) is 4.13. The molecule has 2 heterocycles. The molecule has 11 heteroatoms. The van der Waals surface area contributed by atoms with Gasteiger partial charge in [-0.25, -0.2) is 15.0 Å². The Morgan fingerprint density at radius 1 is 0.658 bits per heavy atom. The van der Waals surface area contributed by atoms with Crippen molar-refractivity contribution in [1.29, 1.82) is 0 Å². The van der Waals surface area contributed by atoms with Crippen LogP contribution in [0.5, 0.6) is 11.5 Å². The minimum Gasteiger partial charge on any atom is -0.457 e. The zero-order chi connectivity index (χ0) is 26.2. The molecule has 0 bridgehead atoms. The van der Waals surface area contributed by atoms with Gasteiger partial charge in [-0.15, -0.1) is 0 Å². The van der Waals surface area contributed by atoms with Gasteiger partial charge in [-0.3, -0.25) is 24.8 Å². The predicted octanol–water partition coefficient (Wildman–Crippen LogP) is 6.24. The van der Waals surface area contributed by atoms with Crippen molar-refractivity contribution >= 4 is 33.7 Å². The van der Waals surface area contributed by atoms with E-state index in [1.807, 2.05) is 48.5 Å². The number of nitro groups is 2. The van der Waals surface area contributed by atoms with Crippen molar-refractivity contribution in [3.8, 4) is 28.6 Å². The monoisotopic (exact) mass is 504 g/mol. The van der Waals surface area contributed by atoms with E-state index < -0.39 is 21.2 Å². The summed E-state index contributed by atoms with van der Waals surface area (Å²) in [5, 5.41) is 23.1. The minimum absolute atomic E-state index is 0.180. The number of nitro benzene ring substituents is 2. The average Bonchev–Trinajstić information content (AvgIpc) is 3.30. The lowest BCUT2D eigenvalue weighted by atomic mass is 10.1. The van der Waals surface area contributed by atoms with E-state index in [0.29, 0.717) is 33.9 Å². The van der Waals surface area contributed by atoms with E-state index in [1.54, 1.807) is 34.9 Å². The van der Waals surface area contributed by atoms with Gasteiger partial charge in [-0.1, -0.05) is 30.3 Å². The van der Waals surface area contributed by atoms with Gasteiger partial charge in [-0.05, 0) is 48.5 Å². The molecule has 0 saturated heterocycles. The van der Waals surface area contributed by atoms with E-state index in [2.05, 4.69) is 9.97 Å². The van der Waals surface area contributed by atoms with Gasteiger partial charge < -0.3 is 4.74 Å². The molecule has 0 spiro atoms. The molecule has 0 aliphatic carbocycles. The maximum atomic E-state index is 11.5. The maximum Gasteiger partial charge on any atom is 0.277 e. The molecule has 0 radical (unpaired) electrons. The van der Waals surface area contributed by atoms with Crippen LogP contribution in [0, 0.1) is 20.2 Å². The molecular formula is C27H16N6O5. The van der Waals surface area contributed by atoms with Crippen molar-refractivity contribution in [2.24, 2.45) is 0 Å². The van der Waals surface area contributed by atoms with Crippen LogP contribution >= 0.6 is 0 Å². The van der Waals surface area contributed by atoms with Crippen molar-refractivity contribution in [3.63, 3.8) is 0 Å². The molecule has 184 valence electrons. The first-order chi connectivity index (χ1) is 18.5. The van der Waals surface area contributed by atoms with Gasteiger partial charge in [0.25, 0.3) is 11.4 Å². The van der Waals surface area contributed by atoms with E-state index in [0.717, 1.165) is 6.07 Å². The second-order valence-electron chi connectivity index (χ2n) is 8.29. The smallest absolute Gasteiger partial charge is 0.277 e. The van der Waals surface area contributed by atoms with Crippen molar-refractivity contribution in [2.75, 3.05) is 0 Å². The third-order valence-electron chi connectivity index (χ3n) is 5.83. The van der Waals surface area contributed by atoms with Crippen molar-refractivity contribution in [2.45, 2.75) is 0 Å². The van der Waals surface area contributed by atoms with Crippen LogP contribution < -0.4 is 4.74 Å². The number of non-ortho nitro benzene ring substituents is 2. The highest BCUT2D eigenvalue weighted by molar-refractivity contribution is 5.86. The number of hydrogen-bond donors (Lipinski definition) is 0. The van der Waals surface area contributed by atoms with Crippen LogP contribution in [0.15, 0.2) is 97.1 Å². The summed E-state index contributed by atoms with van der Waals surface area (Å²) in [7, 11) is 0. The zero-order valence-electron chi connectivity index (χ0n) is 19.5. The van der Waals surface area contributed by atoms with Gasteiger partial charge in [0.15, 0.2) is 11.3 Å². The molecule has 6 rings (SSSR count). The summed E-state index contributed by atoms with van der Waals surface area (Å²) in [6.07, 6.45) is 0. The van der Waals surface area contributed by atoms with Gasteiger partial charge in [0.05, 0.1) is 26.9 Å². The Morgan fingerprint density at radius 3 is 1.87 bits per heavy atom. The normalized spacial score (nSPS) is 11.1. The Labute approximate surface area is 213 Å². The molecule has 0 N–H and O–H groups in total. The molecule has 38 heavy (non-hydrogen) atoms. The Balaban J connectivity index is 1.56. The molecule has 0 unspecified atom stereocenters. The highest BCUT2D eigenvalue weighted by atomic mass is 16.6. The van der Waals surface area contributed by atoms with Crippen LogP contribution in [0.4, 0.5) is 11.4 Å². The summed E-state index contributed by atoms with van der Waals surface area (Å²) in [4.78, 5) is 35.7. The fourth-order valence-corrected chi connectivity index (χ4v) is 4.12. The second kappa shape index (κ2) is 9.06. The second-order valence-corrected chi connectivity index (χ2v) is 8.29. The zero-order valence-corrected chi connectivity index (χ0v) is 19.5. The first-order valence-electron chi connectivity index (χ1n) is 11.4. The van der Waals surface area contributed by atoms with Gasteiger partial charge >= 0.3 is 0 Å². The number of ether oxygens (including phenoxy) is 1. The van der Waals surface area contributed by atoms with Crippen LogP contribution in [-0.2, 0) is 0 Å². The van der Waals surface area contributed by atoms with E-state index in [4.69, 9.17) is 9.72 Å². The molecule has 0 fully saturated rings. The van der Waals surface area contributed by atoms with Gasteiger partial charge in [-0.2, -0.15) is 0 Å². The Kier molecular flexibility index (Phi) is 5.42. The van der Waals surface area contributed by atoms with Gasteiger partial charge in [0.1, 0.15) is 17.3 Å². The lowest BCUT2D eigenvalue weighted by Gasteiger charge is -2.11. The molecule has 2 aromatic heterocycles. The lowest BCUT2D eigenvalue weighted by molar-refractivity contribution is -0.394. The van der Waals surface area contributed by atoms with Crippen LogP contribution in [0.25, 0.3) is 39.4 Å². The number of hydrogen-bond acceptors (Lipinski definition) is 8. The molecule has 6 aromatic rings. The third-order valence-corrected chi connectivity index (χ3v) is 5.83. The average molecular weight is 504 g/mol. The first kappa shape index (κ1) is 22.7. The van der Waals surface area contributed by atoms with Crippen LogP contribution in [-0.4, -0.2) is 29.4 Å². The van der Waals surface area contributed by atoms with E-state index in [-0.39, 0.29) is 17.0 Å². The van der Waals surface area contributed by atoms with E-state index >= 15 is 0 Å². The number of aromatic nitrogens is 4. The standard InChI is InChI=1S/C27H16N6O5/c34-32(35)19-14-17(15-20(16-19)33(36)37)26-30-25-27(29-24-9-5-4-8-23(24)28-25)31(26)18-10-12-22(13-11-18)38-21-6-2-1-3-7-21/h1-16H. The number of benzene rings is 4. The van der Waals surface area contributed by atoms with Crippen molar-refractivity contribution in [1.82, 2.24) is 19.5 Å². The van der Waals surface area contributed by atoms with Gasteiger partial charge in [0.2, 0.25) is 0 Å². The largest absolute Gasteiger partial charge is 0.457 e. The van der Waals surface area contributed by atoms with Crippen LogP contribution in [0.3, 0.4) is 0 Å². The molecular weight excluding hydrogens is 488 g/mol. The number of fused-ring (bicyclic) bond motifs is 2. The fourth-order valence-electron chi connectivity index (χ4n) is 4.12. The predicted molar refractivity (Wildman–Crippen MR) is 139 cm³/mol. The number of imidazole rings is 1. The van der Waals surface area contributed by atoms with E-state index in [1.165, 1.54) is 12.1 Å². The SMILES string of the molecule is O=[N+]([O-])c1cc(-c2nc3nc4ccccc4nc3n2-c2ccc(Oc3ccccc3)cc2)cc([N+](=O)[O-])c1. The summed E-state index contributed by atoms with van der Waals surface area (Å²) in [6, 6.07) is 27.1. The summed E-state index contributed by atoms with van der Waals surface area (Å²) < 4.78 is 7.56. The van der Waals surface area contributed by atoms with Crippen molar-refractivity contribution in [3.05, 3.63) is 117 Å². The lowest BCUT2D eigenvalue weighted by Crippen LogP contribution is -2.01. The molecule has 4 aromatic carbocycles. The Bertz CT molecular complexity index is 1820. The van der Waals surface area contributed by atoms with Crippen molar-refractivity contribution < 1.29 is 14.6 Å². The number of rotatable bonds is 6. The molecule has 11 nitrogen and oxygen atoms in total. The summed E-state index contributed by atoms with van der Waals surface area (Å²) in [6.45, 7) is 0. The molecule has 0 aliphatic rings. The van der Waals surface area contributed by atoms with Gasteiger partial charge in [0, 0.05) is 23.4 Å². The fraction of sp³-hybridized carbons (Fsp3) is 0. The first-order valence-corrected chi connectivity index (χ1v) is 11.4. The summed E-state index contributed by atoms with van der Waals surface area (Å²) >= 11 is 0. The minimum atomic E-state index is -0.677. The number of para-hydroxylation sites is 3. The van der Waals surface area contributed by atoms with E-state index in [9.17, 15) is 20.2 Å². The molecule has 0 amide bonds. The number of nitrogens with zero attached hydrogens (tertiary/aromatic N) is 6. The Morgan fingerprint density at radius 2 is 1.24 bits per heavy atom.